The number of anilines is 3. The quantitative estimate of drug-likeness (QED) is 0.127. The van der Waals surface area contributed by atoms with Crippen LogP contribution in [0.3, 0.4) is 0 Å². The highest BCUT2D eigenvalue weighted by Crippen LogP contribution is 2.36. The number of hydrogen-bond acceptors (Lipinski definition) is 4. The van der Waals surface area contributed by atoms with Crippen LogP contribution in [0.4, 0.5) is 17.1 Å². The molecule has 0 aliphatic rings. The molecular weight excluding hydrogens is 819 g/mol. The van der Waals surface area contributed by atoms with Crippen molar-refractivity contribution in [2.24, 2.45) is 0 Å². The third-order valence-corrected chi connectivity index (χ3v) is 11.7. The molecule has 0 unspecified atom stereocenters. The van der Waals surface area contributed by atoms with Crippen molar-refractivity contribution in [3.8, 4) is 35.5 Å². The predicted octanol–water partition coefficient (Wildman–Crippen LogP) is 12.0. The molecule has 4 nitrogen and oxygen atoms in total. The molecule has 0 fully saturated rings. The van der Waals surface area contributed by atoms with Gasteiger partial charge in [-0.05, 0) is 72.8 Å². The predicted molar refractivity (Wildman–Crippen MR) is 269 cm³/mol. The Kier molecular flexibility index (Phi) is 12.8. The summed E-state index contributed by atoms with van der Waals surface area (Å²) in [4.78, 5) is 2.13. The minimum Gasteiger partial charge on any atom is -0.369 e. The molecule has 0 amide bonds. The van der Waals surface area contributed by atoms with E-state index in [1.165, 1.54) is 0 Å². The van der Waals surface area contributed by atoms with Crippen molar-refractivity contribution in [2.75, 3.05) is 4.90 Å². The van der Waals surface area contributed by atoms with Crippen LogP contribution in [0.25, 0.3) is 0 Å². The van der Waals surface area contributed by atoms with E-state index in [4.69, 9.17) is 0 Å². The van der Waals surface area contributed by atoms with Gasteiger partial charge in [0.1, 0.15) is 0 Å². The SMILES string of the molecule is OC(C#Cc1ccc(N(c2ccc(C#CC(O)(c3ccccc3)c3ccccc3)cc2)c2ccc(C#CC(O)(c3ccccc3)c3ccccc3)cc2)cc1)(c1ccccc1)c1ccccc1. The van der Waals surface area contributed by atoms with Crippen molar-refractivity contribution in [3.05, 3.63) is 305 Å². The molecule has 9 rings (SSSR count). The van der Waals surface area contributed by atoms with Gasteiger partial charge in [0.25, 0.3) is 0 Å². The second kappa shape index (κ2) is 19.6. The lowest BCUT2D eigenvalue weighted by Crippen LogP contribution is -2.25. The maximum atomic E-state index is 12.1. The zero-order chi connectivity index (χ0) is 45.9. The molecule has 0 bridgehead atoms. The van der Waals surface area contributed by atoms with Crippen LogP contribution in [0.15, 0.2) is 255 Å². The van der Waals surface area contributed by atoms with Gasteiger partial charge in [-0.2, -0.15) is 0 Å². The average Bonchev–Trinajstić information content (AvgIpc) is 3.41. The van der Waals surface area contributed by atoms with E-state index in [9.17, 15) is 15.3 Å². The average molecular weight is 864 g/mol. The second-order valence-corrected chi connectivity index (χ2v) is 16.1. The zero-order valence-electron chi connectivity index (χ0n) is 36.5. The zero-order valence-corrected chi connectivity index (χ0v) is 36.5. The van der Waals surface area contributed by atoms with Crippen molar-refractivity contribution in [1.29, 1.82) is 0 Å². The number of aliphatic hydroxyl groups is 3. The first-order valence-corrected chi connectivity index (χ1v) is 22.0. The van der Waals surface area contributed by atoms with Gasteiger partial charge in [-0.15, -0.1) is 0 Å². The molecule has 0 radical (unpaired) electrons. The Bertz CT molecular complexity index is 2760. The highest BCUT2D eigenvalue weighted by atomic mass is 16.3. The summed E-state index contributed by atoms with van der Waals surface area (Å²) in [7, 11) is 0. The smallest absolute Gasteiger partial charge is 0.177 e. The van der Waals surface area contributed by atoms with E-state index >= 15 is 0 Å². The maximum absolute atomic E-state index is 12.1. The summed E-state index contributed by atoms with van der Waals surface area (Å²) in [6.07, 6.45) is 0. The van der Waals surface area contributed by atoms with Gasteiger partial charge in [-0.3, -0.25) is 0 Å². The molecule has 0 spiro atoms. The Morgan fingerprint density at radius 1 is 0.239 bits per heavy atom. The van der Waals surface area contributed by atoms with Crippen LogP contribution in [0, 0.1) is 35.5 Å². The fourth-order valence-corrected chi connectivity index (χ4v) is 8.03. The summed E-state index contributed by atoms with van der Waals surface area (Å²) >= 11 is 0. The summed E-state index contributed by atoms with van der Waals surface area (Å²) in [5.74, 6) is 19.3. The highest BCUT2D eigenvalue weighted by molar-refractivity contribution is 5.77. The summed E-state index contributed by atoms with van der Waals surface area (Å²) in [6.45, 7) is 0. The fraction of sp³-hybridized carbons (Fsp3) is 0.0476. The third kappa shape index (κ3) is 9.59. The van der Waals surface area contributed by atoms with Crippen molar-refractivity contribution in [1.82, 2.24) is 0 Å². The lowest BCUT2D eigenvalue weighted by Gasteiger charge is -2.26. The monoisotopic (exact) mass is 863 g/mol. The first-order chi connectivity index (χ1) is 32.8. The molecule has 67 heavy (non-hydrogen) atoms. The molecule has 320 valence electrons. The first-order valence-electron chi connectivity index (χ1n) is 22.0. The van der Waals surface area contributed by atoms with Crippen LogP contribution in [0.2, 0.25) is 0 Å². The number of benzene rings is 9. The molecule has 4 heteroatoms. The molecule has 0 saturated heterocycles. The van der Waals surface area contributed by atoms with Crippen molar-refractivity contribution in [2.45, 2.75) is 16.8 Å². The minimum atomic E-state index is -1.52. The summed E-state index contributed by atoms with van der Waals surface area (Å²) in [5.41, 5.74) is 4.39. The minimum absolute atomic E-state index is 0.687. The van der Waals surface area contributed by atoms with Gasteiger partial charge in [0.05, 0.1) is 0 Å². The van der Waals surface area contributed by atoms with Gasteiger partial charge in [-0.25, -0.2) is 0 Å². The van der Waals surface area contributed by atoms with E-state index in [0.717, 1.165) is 33.8 Å². The van der Waals surface area contributed by atoms with Crippen LogP contribution in [0.5, 0.6) is 0 Å². The van der Waals surface area contributed by atoms with Gasteiger partial charge < -0.3 is 20.2 Å². The van der Waals surface area contributed by atoms with Gasteiger partial charge in [0, 0.05) is 67.1 Å². The topological polar surface area (TPSA) is 63.9 Å². The lowest BCUT2D eigenvalue weighted by molar-refractivity contribution is 0.145. The lowest BCUT2D eigenvalue weighted by atomic mass is 9.86. The summed E-state index contributed by atoms with van der Waals surface area (Å²) in [6, 6.07) is 80.7. The Morgan fingerprint density at radius 2 is 0.418 bits per heavy atom. The largest absolute Gasteiger partial charge is 0.369 e. The Labute approximate surface area is 392 Å². The van der Waals surface area contributed by atoms with Crippen molar-refractivity contribution >= 4 is 17.1 Å². The van der Waals surface area contributed by atoms with Crippen LogP contribution >= 0.6 is 0 Å². The molecular formula is C63H45NO3. The van der Waals surface area contributed by atoms with Gasteiger partial charge in [0.15, 0.2) is 16.8 Å². The molecule has 9 aromatic carbocycles. The summed E-state index contributed by atoms with van der Waals surface area (Å²) in [5, 5.41) is 36.2. The van der Waals surface area contributed by atoms with Crippen LogP contribution in [-0.4, -0.2) is 15.3 Å². The Morgan fingerprint density at radius 3 is 0.597 bits per heavy atom. The fourth-order valence-electron chi connectivity index (χ4n) is 8.03. The normalized spacial score (nSPS) is 11.1. The molecule has 0 heterocycles. The van der Waals surface area contributed by atoms with E-state index in [-0.39, 0.29) is 0 Å². The van der Waals surface area contributed by atoms with Crippen LogP contribution in [-0.2, 0) is 16.8 Å². The van der Waals surface area contributed by atoms with Gasteiger partial charge >= 0.3 is 0 Å². The van der Waals surface area contributed by atoms with Crippen molar-refractivity contribution < 1.29 is 15.3 Å². The number of hydrogen-bond donors (Lipinski definition) is 3. The van der Waals surface area contributed by atoms with E-state index in [2.05, 4.69) is 40.4 Å². The highest BCUT2D eigenvalue weighted by Gasteiger charge is 2.31. The molecule has 0 aliphatic heterocycles. The standard InChI is InChI=1S/C63H45NO3/c65-61(52-19-7-1-8-20-52,53-21-9-2-10-22-53)46-43-49-31-37-58(38-32-49)64(59-39-33-50(34-40-59)44-47-62(66,54-23-11-3-12-24-54)55-25-13-4-14-26-55)60-41-35-51(36-42-60)45-48-63(67,56-27-15-5-16-28-56)57-29-17-6-18-30-57/h1-42,65-67H. The summed E-state index contributed by atoms with van der Waals surface area (Å²) < 4.78 is 0. The molecule has 0 atom stereocenters. The molecule has 0 aromatic heterocycles. The first kappa shape index (κ1) is 43.6. The third-order valence-electron chi connectivity index (χ3n) is 11.7. The Balaban J connectivity index is 1.07. The number of nitrogens with zero attached hydrogens (tertiary/aromatic N) is 1. The van der Waals surface area contributed by atoms with E-state index in [0.29, 0.717) is 33.4 Å². The van der Waals surface area contributed by atoms with Crippen LogP contribution in [0.1, 0.15) is 50.1 Å². The number of rotatable bonds is 9. The Hall–Kier alpha value is -8.66. The van der Waals surface area contributed by atoms with E-state index in [1.807, 2.05) is 255 Å². The van der Waals surface area contributed by atoms with E-state index < -0.39 is 16.8 Å². The molecule has 9 aromatic rings. The molecule has 0 saturated carbocycles. The van der Waals surface area contributed by atoms with Gasteiger partial charge in [-0.1, -0.05) is 218 Å². The van der Waals surface area contributed by atoms with Gasteiger partial charge in [0.2, 0.25) is 0 Å². The molecule has 0 aliphatic carbocycles. The maximum Gasteiger partial charge on any atom is 0.177 e. The van der Waals surface area contributed by atoms with Crippen molar-refractivity contribution in [3.63, 3.8) is 0 Å². The molecule has 3 N–H and O–H groups in total. The van der Waals surface area contributed by atoms with E-state index in [1.54, 1.807) is 0 Å². The second-order valence-electron chi connectivity index (χ2n) is 16.1. The van der Waals surface area contributed by atoms with Crippen LogP contribution < -0.4 is 4.90 Å².